The number of furan rings is 1. The van der Waals surface area contributed by atoms with E-state index in [-0.39, 0.29) is 6.04 Å². The van der Waals surface area contributed by atoms with Crippen molar-refractivity contribution in [3.05, 3.63) is 35.0 Å². The first-order valence-electron chi connectivity index (χ1n) is 6.25. The second-order valence-corrected chi connectivity index (χ2v) is 4.48. The highest BCUT2D eigenvalue weighted by Crippen LogP contribution is 2.29. The number of ether oxygens (including phenoxy) is 1. The van der Waals surface area contributed by atoms with Crippen molar-refractivity contribution in [2.24, 2.45) is 0 Å². The number of benzene rings is 1. The Balaban J connectivity index is 2.29. The van der Waals surface area contributed by atoms with Crippen molar-refractivity contribution >= 4 is 22.6 Å². The van der Waals surface area contributed by atoms with Crippen LogP contribution in [0.4, 0.5) is 0 Å². The molecular weight excluding hydrogens is 250 g/mol. The maximum atomic E-state index is 6.11. The summed E-state index contributed by atoms with van der Waals surface area (Å²) >= 11 is 6.11. The largest absolute Gasteiger partial charge is 0.458 e. The van der Waals surface area contributed by atoms with Gasteiger partial charge in [0.2, 0.25) is 0 Å². The molecule has 0 aliphatic rings. The van der Waals surface area contributed by atoms with Crippen molar-refractivity contribution in [3.8, 4) is 0 Å². The zero-order chi connectivity index (χ0) is 13.0. The molecule has 1 unspecified atom stereocenters. The monoisotopic (exact) mass is 267 g/mol. The van der Waals surface area contributed by atoms with Crippen molar-refractivity contribution in [1.29, 1.82) is 0 Å². The summed E-state index contributed by atoms with van der Waals surface area (Å²) in [5.74, 6) is 0.869. The van der Waals surface area contributed by atoms with Gasteiger partial charge in [-0.15, -0.1) is 0 Å². The van der Waals surface area contributed by atoms with Crippen LogP contribution in [0.5, 0.6) is 0 Å². The first kappa shape index (κ1) is 13.4. The van der Waals surface area contributed by atoms with E-state index in [0.717, 1.165) is 23.3 Å². The molecule has 0 saturated carbocycles. The zero-order valence-electron chi connectivity index (χ0n) is 10.7. The minimum atomic E-state index is 0.0680. The summed E-state index contributed by atoms with van der Waals surface area (Å²) in [7, 11) is 0. The van der Waals surface area contributed by atoms with Crippen LogP contribution in [0.2, 0.25) is 5.02 Å². The molecule has 98 valence electrons. The van der Waals surface area contributed by atoms with Crippen LogP contribution in [0.25, 0.3) is 11.0 Å². The van der Waals surface area contributed by atoms with Crippen molar-refractivity contribution in [2.45, 2.75) is 19.9 Å². The molecule has 0 aliphatic heterocycles. The highest BCUT2D eigenvalue weighted by molar-refractivity contribution is 6.34. The van der Waals surface area contributed by atoms with Gasteiger partial charge >= 0.3 is 0 Å². The van der Waals surface area contributed by atoms with Crippen LogP contribution in [0, 0.1) is 0 Å². The summed E-state index contributed by atoms with van der Waals surface area (Å²) in [6.07, 6.45) is 0. The average molecular weight is 268 g/mol. The molecule has 0 amide bonds. The fraction of sp³-hybridized carbons (Fsp3) is 0.429. The Kier molecular flexibility index (Phi) is 4.64. The Morgan fingerprint density at radius 3 is 2.89 bits per heavy atom. The zero-order valence-corrected chi connectivity index (χ0v) is 11.5. The lowest BCUT2D eigenvalue weighted by molar-refractivity contribution is 0.117. The van der Waals surface area contributed by atoms with E-state index in [1.54, 1.807) is 0 Å². The second kappa shape index (κ2) is 6.23. The number of hydrogen-bond acceptors (Lipinski definition) is 3. The first-order valence-corrected chi connectivity index (χ1v) is 6.63. The molecule has 1 aromatic heterocycles. The Labute approximate surface area is 112 Å². The summed E-state index contributed by atoms with van der Waals surface area (Å²) in [5, 5.41) is 5.02. The maximum absolute atomic E-state index is 6.11. The van der Waals surface area contributed by atoms with Crippen molar-refractivity contribution in [3.63, 3.8) is 0 Å². The van der Waals surface area contributed by atoms with E-state index < -0.39 is 0 Å². The van der Waals surface area contributed by atoms with Crippen molar-refractivity contribution in [1.82, 2.24) is 5.32 Å². The van der Waals surface area contributed by atoms with Crippen LogP contribution in [0.1, 0.15) is 25.6 Å². The topological polar surface area (TPSA) is 34.4 Å². The molecule has 1 N–H and O–H groups in total. The number of rotatable bonds is 6. The number of nitrogens with one attached hydrogen (secondary N) is 1. The number of halogens is 1. The number of hydrogen-bond donors (Lipinski definition) is 1. The molecule has 0 bridgehead atoms. The van der Waals surface area contributed by atoms with E-state index in [4.69, 9.17) is 20.8 Å². The number of likely N-dealkylation sites (N-methyl/N-ethyl adjacent to an activating group) is 1. The quantitative estimate of drug-likeness (QED) is 0.865. The molecule has 1 atom stereocenters. The SMILES string of the molecule is CCNC(COCC)c1cc2cccc(Cl)c2o1. The number of fused-ring (bicyclic) bond motifs is 1. The van der Waals surface area contributed by atoms with Crippen LogP contribution >= 0.6 is 11.6 Å². The summed E-state index contributed by atoms with van der Waals surface area (Å²) in [6, 6.07) is 7.85. The molecule has 0 saturated heterocycles. The van der Waals surface area contributed by atoms with Gasteiger partial charge < -0.3 is 14.5 Å². The Hall–Kier alpha value is -1.03. The van der Waals surface area contributed by atoms with E-state index in [0.29, 0.717) is 18.2 Å². The van der Waals surface area contributed by atoms with Gasteiger partial charge in [-0.1, -0.05) is 30.7 Å². The first-order chi connectivity index (χ1) is 8.76. The normalized spacial score (nSPS) is 13.1. The molecule has 0 fully saturated rings. The van der Waals surface area contributed by atoms with E-state index in [1.165, 1.54) is 0 Å². The standard InChI is InChI=1S/C14H18ClNO2/c1-3-16-12(9-17-4-2)13-8-10-6-5-7-11(15)14(10)18-13/h5-8,12,16H,3-4,9H2,1-2H3. The van der Waals surface area contributed by atoms with E-state index in [9.17, 15) is 0 Å². The van der Waals surface area contributed by atoms with Crippen LogP contribution in [0.3, 0.4) is 0 Å². The third-order valence-electron chi connectivity index (χ3n) is 2.80. The molecule has 2 aromatic rings. The van der Waals surface area contributed by atoms with E-state index >= 15 is 0 Å². The molecule has 1 heterocycles. The van der Waals surface area contributed by atoms with Gasteiger partial charge in [0.05, 0.1) is 17.7 Å². The molecule has 1 aromatic carbocycles. The lowest BCUT2D eigenvalue weighted by atomic mass is 10.2. The predicted octanol–water partition coefficient (Wildman–Crippen LogP) is 3.77. The van der Waals surface area contributed by atoms with Crippen LogP contribution in [-0.4, -0.2) is 19.8 Å². The second-order valence-electron chi connectivity index (χ2n) is 4.08. The maximum Gasteiger partial charge on any atom is 0.152 e. The molecule has 0 spiro atoms. The predicted molar refractivity (Wildman–Crippen MR) is 74.1 cm³/mol. The molecule has 3 nitrogen and oxygen atoms in total. The van der Waals surface area contributed by atoms with Gasteiger partial charge in [-0.3, -0.25) is 0 Å². The van der Waals surface area contributed by atoms with Crippen molar-refractivity contribution in [2.75, 3.05) is 19.8 Å². The Bertz CT molecular complexity index is 509. The van der Waals surface area contributed by atoms with Crippen LogP contribution < -0.4 is 5.32 Å². The van der Waals surface area contributed by atoms with Crippen LogP contribution in [0.15, 0.2) is 28.7 Å². The van der Waals surface area contributed by atoms with E-state index in [2.05, 4.69) is 12.2 Å². The van der Waals surface area contributed by atoms with Gasteiger partial charge in [0, 0.05) is 12.0 Å². The van der Waals surface area contributed by atoms with E-state index in [1.807, 2.05) is 31.2 Å². The average Bonchev–Trinajstić information content (AvgIpc) is 2.80. The highest BCUT2D eigenvalue weighted by atomic mass is 35.5. The van der Waals surface area contributed by atoms with Crippen LogP contribution in [-0.2, 0) is 4.74 Å². The minimum absolute atomic E-state index is 0.0680. The summed E-state index contributed by atoms with van der Waals surface area (Å²) in [6.45, 7) is 6.21. The van der Waals surface area contributed by atoms with Gasteiger partial charge in [0.15, 0.2) is 5.58 Å². The minimum Gasteiger partial charge on any atom is -0.458 e. The van der Waals surface area contributed by atoms with Crippen molar-refractivity contribution < 1.29 is 9.15 Å². The molecule has 0 aliphatic carbocycles. The summed E-state index contributed by atoms with van der Waals surface area (Å²) in [5.41, 5.74) is 0.744. The Morgan fingerprint density at radius 1 is 1.39 bits per heavy atom. The van der Waals surface area contributed by atoms with Gasteiger partial charge in [-0.2, -0.15) is 0 Å². The lowest BCUT2D eigenvalue weighted by Gasteiger charge is -2.14. The fourth-order valence-corrected chi connectivity index (χ4v) is 2.16. The summed E-state index contributed by atoms with van der Waals surface area (Å²) in [4.78, 5) is 0. The molecule has 2 rings (SSSR count). The molecule has 0 radical (unpaired) electrons. The Morgan fingerprint density at radius 2 is 2.22 bits per heavy atom. The molecule has 18 heavy (non-hydrogen) atoms. The smallest absolute Gasteiger partial charge is 0.152 e. The van der Waals surface area contributed by atoms with Gasteiger partial charge in [0.1, 0.15) is 5.76 Å². The summed E-state index contributed by atoms with van der Waals surface area (Å²) < 4.78 is 11.3. The fourth-order valence-electron chi connectivity index (χ4n) is 1.94. The molecule has 4 heteroatoms. The lowest BCUT2D eigenvalue weighted by Crippen LogP contribution is -2.24. The number of para-hydroxylation sites is 1. The third-order valence-corrected chi connectivity index (χ3v) is 3.10. The van der Waals surface area contributed by atoms with Gasteiger partial charge in [-0.25, -0.2) is 0 Å². The highest BCUT2D eigenvalue weighted by Gasteiger charge is 2.16. The van der Waals surface area contributed by atoms with Gasteiger partial charge in [-0.05, 0) is 25.6 Å². The molecular formula is C14H18ClNO2. The third kappa shape index (κ3) is 2.86. The van der Waals surface area contributed by atoms with Gasteiger partial charge in [0.25, 0.3) is 0 Å².